The molecule has 3 amide bonds. The number of carbonyl (C=O) groups excluding carboxylic acids is 2. The van der Waals surface area contributed by atoms with Gasteiger partial charge in [-0.15, -0.1) is 0 Å². The fraction of sp³-hybridized carbons (Fsp3) is 0.500. The molecule has 0 aliphatic carbocycles. The van der Waals surface area contributed by atoms with E-state index in [1.165, 1.54) is 12.1 Å². The van der Waals surface area contributed by atoms with Gasteiger partial charge in [-0.3, -0.25) is 4.79 Å². The minimum Gasteiger partial charge on any atom is -0.352 e. The number of hydrogen-bond acceptors (Lipinski definition) is 4. The van der Waals surface area contributed by atoms with Crippen LogP contribution in [0.4, 0.5) is 14.9 Å². The minimum absolute atomic E-state index is 0.104. The number of carbonyl (C=O) groups is 2. The summed E-state index contributed by atoms with van der Waals surface area (Å²) in [5, 5.41) is 6.20. The van der Waals surface area contributed by atoms with Gasteiger partial charge in [-0.25, -0.2) is 14.2 Å². The van der Waals surface area contributed by atoms with Crippen LogP contribution < -0.4 is 10.6 Å². The first-order valence-corrected chi connectivity index (χ1v) is 13.1. The molecule has 0 spiro atoms. The quantitative estimate of drug-likeness (QED) is 0.399. The van der Waals surface area contributed by atoms with Crippen LogP contribution in [-0.4, -0.2) is 65.0 Å². The molecule has 2 N–H and O–H groups in total. The molecule has 1 aliphatic rings. The van der Waals surface area contributed by atoms with Crippen molar-refractivity contribution in [3.63, 3.8) is 0 Å². The highest BCUT2D eigenvalue weighted by atomic mass is 35.5. The smallest absolute Gasteiger partial charge is 0.322 e. The molecular weight excluding hydrogens is 504 g/mol. The molecule has 7 nitrogen and oxygen atoms in total. The van der Waals surface area contributed by atoms with Gasteiger partial charge in [-0.2, -0.15) is 0 Å². The van der Waals surface area contributed by atoms with E-state index >= 15 is 0 Å². The van der Waals surface area contributed by atoms with Crippen LogP contribution in [0.5, 0.6) is 0 Å². The molecule has 196 valence electrons. The van der Waals surface area contributed by atoms with Gasteiger partial charge in [0.15, 0.2) is 0 Å². The second kappa shape index (κ2) is 13.2. The molecule has 2 aromatic rings. The largest absolute Gasteiger partial charge is 0.352 e. The monoisotopic (exact) mass is 537 g/mol. The molecule has 10 heteroatoms. The van der Waals surface area contributed by atoms with Gasteiger partial charge < -0.3 is 20.4 Å². The van der Waals surface area contributed by atoms with E-state index in [9.17, 15) is 14.0 Å². The number of likely N-dealkylation sites (tertiary alicyclic amines) is 1. The number of halogens is 3. The topological polar surface area (TPSA) is 77.6 Å². The Morgan fingerprint density at radius 1 is 1.22 bits per heavy atom. The fourth-order valence-corrected chi connectivity index (χ4v) is 5.21. The van der Waals surface area contributed by atoms with Crippen molar-refractivity contribution in [1.29, 1.82) is 0 Å². The van der Waals surface area contributed by atoms with Gasteiger partial charge in [0.05, 0.1) is 5.56 Å². The van der Waals surface area contributed by atoms with Crippen LogP contribution >= 0.6 is 23.2 Å². The van der Waals surface area contributed by atoms with E-state index in [0.717, 1.165) is 38.8 Å². The maximum atomic E-state index is 13.2. The Kier molecular flexibility index (Phi) is 10.3. The van der Waals surface area contributed by atoms with Crippen LogP contribution in [0.3, 0.4) is 0 Å². The predicted octanol–water partition coefficient (Wildman–Crippen LogP) is 5.75. The number of aromatic nitrogens is 1. The van der Waals surface area contributed by atoms with E-state index in [1.807, 2.05) is 4.90 Å². The van der Waals surface area contributed by atoms with E-state index in [0.29, 0.717) is 29.9 Å². The van der Waals surface area contributed by atoms with Gasteiger partial charge >= 0.3 is 6.03 Å². The van der Waals surface area contributed by atoms with Crippen LogP contribution in [-0.2, 0) is 0 Å². The van der Waals surface area contributed by atoms with Gasteiger partial charge in [0.1, 0.15) is 16.1 Å². The summed E-state index contributed by atoms with van der Waals surface area (Å²) in [6.45, 7) is 8.91. The third-order valence-electron chi connectivity index (χ3n) is 6.60. The normalized spacial score (nSPS) is 15.4. The van der Waals surface area contributed by atoms with Crippen molar-refractivity contribution in [3.05, 3.63) is 57.6 Å². The molecule has 0 radical (unpaired) electrons. The van der Waals surface area contributed by atoms with Crippen molar-refractivity contribution >= 4 is 40.8 Å². The minimum atomic E-state index is -0.333. The van der Waals surface area contributed by atoms with Gasteiger partial charge in [0.25, 0.3) is 5.91 Å². The highest BCUT2D eigenvalue weighted by Gasteiger charge is 2.29. The summed E-state index contributed by atoms with van der Waals surface area (Å²) in [7, 11) is 0. The average molecular weight is 538 g/mol. The summed E-state index contributed by atoms with van der Waals surface area (Å²) in [6, 6.07) is 7.71. The summed E-state index contributed by atoms with van der Waals surface area (Å²) in [5.41, 5.74) is 1.62. The Morgan fingerprint density at radius 3 is 2.50 bits per heavy atom. The number of nitrogens with one attached hydrogen (secondary N) is 2. The molecular formula is C26H34Cl2FN5O2. The van der Waals surface area contributed by atoms with Crippen molar-refractivity contribution in [2.24, 2.45) is 0 Å². The lowest BCUT2D eigenvalue weighted by atomic mass is 10.0. The molecule has 0 bridgehead atoms. The average Bonchev–Trinajstić information content (AvgIpc) is 2.83. The summed E-state index contributed by atoms with van der Waals surface area (Å²) in [6.07, 6.45) is 3.40. The molecule has 1 atom stereocenters. The first kappa shape index (κ1) is 28.2. The molecule has 0 saturated carbocycles. The molecule has 1 fully saturated rings. The van der Waals surface area contributed by atoms with Gasteiger partial charge in [-0.05, 0) is 75.4 Å². The lowest BCUT2D eigenvalue weighted by Crippen LogP contribution is -2.51. The number of benzene rings is 1. The SMILES string of the molecule is CCCN(C(=O)Nc1ccc(F)cc1)C1CCN([C@H](C)CCNC(=O)c2c(C)cc(Cl)nc2Cl)CC1. The van der Waals surface area contributed by atoms with E-state index in [1.54, 1.807) is 25.1 Å². The number of anilines is 1. The highest BCUT2D eigenvalue weighted by molar-refractivity contribution is 6.34. The highest BCUT2D eigenvalue weighted by Crippen LogP contribution is 2.23. The lowest BCUT2D eigenvalue weighted by molar-refractivity contribution is 0.0926. The number of hydrogen-bond donors (Lipinski definition) is 2. The summed E-state index contributed by atoms with van der Waals surface area (Å²) < 4.78 is 13.2. The Labute approximate surface area is 222 Å². The molecule has 36 heavy (non-hydrogen) atoms. The molecule has 1 aromatic carbocycles. The molecule has 1 aromatic heterocycles. The summed E-state index contributed by atoms with van der Waals surface area (Å²) >= 11 is 12.0. The molecule has 1 saturated heterocycles. The number of urea groups is 1. The van der Waals surface area contributed by atoms with Crippen LogP contribution in [0.1, 0.15) is 55.5 Å². The standard InChI is InChI=1S/C26H34Cl2FN5O2/c1-4-13-34(26(36)31-20-7-5-19(29)6-8-20)21-10-14-33(15-11-21)18(3)9-12-30-25(35)23-17(2)16-22(27)32-24(23)28/h5-8,16,18,21H,4,9-15H2,1-3H3,(H,30,35)(H,31,36)/t18-/m1/s1. The van der Waals surface area contributed by atoms with E-state index in [4.69, 9.17) is 23.2 Å². The van der Waals surface area contributed by atoms with Crippen molar-refractivity contribution in [2.75, 3.05) is 31.5 Å². The van der Waals surface area contributed by atoms with Crippen LogP contribution in [0.15, 0.2) is 30.3 Å². The maximum absolute atomic E-state index is 13.2. The molecule has 3 rings (SSSR count). The van der Waals surface area contributed by atoms with Gasteiger partial charge in [0, 0.05) is 44.0 Å². The molecule has 1 aliphatic heterocycles. The predicted molar refractivity (Wildman–Crippen MR) is 142 cm³/mol. The zero-order valence-corrected chi connectivity index (χ0v) is 22.5. The summed E-state index contributed by atoms with van der Waals surface area (Å²) in [5.74, 6) is -0.588. The molecule has 2 heterocycles. The lowest BCUT2D eigenvalue weighted by Gasteiger charge is -2.40. The third-order valence-corrected chi connectivity index (χ3v) is 7.07. The first-order chi connectivity index (χ1) is 17.2. The third kappa shape index (κ3) is 7.54. The second-order valence-electron chi connectivity index (χ2n) is 9.22. The van der Waals surface area contributed by atoms with E-state index < -0.39 is 0 Å². The number of piperidine rings is 1. The second-order valence-corrected chi connectivity index (χ2v) is 9.96. The number of rotatable bonds is 9. The van der Waals surface area contributed by atoms with Crippen molar-refractivity contribution in [1.82, 2.24) is 20.1 Å². The van der Waals surface area contributed by atoms with Gasteiger partial charge in [0.2, 0.25) is 0 Å². The van der Waals surface area contributed by atoms with Crippen molar-refractivity contribution in [3.8, 4) is 0 Å². The Balaban J connectivity index is 1.47. The Morgan fingerprint density at radius 2 is 1.89 bits per heavy atom. The van der Waals surface area contributed by atoms with Crippen LogP contribution in [0.25, 0.3) is 0 Å². The van der Waals surface area contributed by atoms with E-state index in [2.05, 4.69) is 34.4 Å². The number of amides is 3. The first-order valence-electron chi connectivity index (χ1n) is 12.4. The van der Waals surface area contributed by atoms with Gasteiger partial charge in [-0.1, -0.05) is 30.1 Å². The van der Waals surface area contributed by atoms with Crippen molar-refractivity contribution in [2.45, 2.75) is 58.5 Å². The maximum Gasteiger partial charge on any atom is 0.322 e. The summed E-state index contributed by atoms with van der Waals surface area (Å²) in [4.78, 5) is 33.8. The Bertz CT molecular complexity index is 1020. The zero-order chi connectivity index (χ0) is 26.2. The number of pyridine rings is 1. The van der Waals surface area contributed by atoms with Crippen LogP contribution in [0, 0.1) is 12.7 Å². The zero-order valence-electron chi connectivity index (χ0n) is 21.0. The number of aryl methyl sites for hydroxylation is 1. The fourth-order valence-electron chi connectivity index (χ4n) is 4.59. The molecule has 0 unspecified atom stereocenters. The van der Waals surface area contributed by atoms with Crippen molar-refractivity contribution < 1.29 is 14.0 Å². The Hall–Kier alpha value is -2.42. The van der Waals surface area contributed by atoms with E-state index in [-0.39, 0.29) is 40.1 Å². The number of nitrogens with zero attached hydrogens (tertiary/aromatic N) is 3. The van der Waals surface area contributed by atoms with Crippen LogP contribution in [0.2, 0.25) is 10.3 Å².